The second kappa shape index (κ2) is 10.4. The molecular formula is C22H32IN5O2S. The second-order valence-corrected chi connectivity index (χ2v) is 9.45. The average Bonchev–Trinajstić information content (AvgIpc) is 3.49. The number of halogens is 1. The van der Waals surface area contributed by atoms with Gasteiger partial charge in [-0.05, 0) is 50.7 Å². The molecule has 0 aromatic carbocycles. The summed E-state index contributed by atoms with van der Waals surface area (Å²) in [4.78, 5) is 35.3. The number of aliphatic imine (C=N–C) groups is 1. The lowest BCUT2D eigenvalue weighted by Crippen LogP contribution is -2.44. The zero-order valence-electron chi connectivity index (χ0n) is 18.3. The van der Waals surface area contributed by atoms with E-state index >= 15 is 0 Å². The molecule has 31 heavy (non-hydrogen) atoms. The maximum Gasteiger partial charge on any atom is 0.233 e. The summed E-state index contributed by atoms with van der Waals surface area (Å²) in [7, 11) is 4.12. The van der Waals surface area contributed by atoms with Crippen LogP contribution in [0.3, 0.4) is 0 Å². The van der Waals surface area contributed by atoms with Crippen molar-refractivity contribution < 1.29 is 9.59 Å². The van der Waals surface area contributed by atoms with Crippen molar-refractivity contribution in [2.75, 3.05) is 40.3 Å². The predicted octanol–water partition coefficient (Wildman–Crippen LogP) is 2.33. The van der Waals surface area contributed by atoms with Crippen LogP contribution in [0.4, 0.5) is 0 Å². The molecule has 1 aliphatic heterocycles. The Bertz CT molecular complexity index is 811. The molecule has 0 radical (unpaired) electrons. The van der Waals surface area contributed by atoms with Crippen LogP contribution in [0.15, 0.2) is 34.7 Å². The van der Waals surface area contributed by atoms with E-state index in [1.54, 1.807) is 11.3 Å². The van der Waals surface area contributed by atoms with Gasteiger partial charge in [-0.15, -0.1) is 35.3 Å². The highest BCUT2D eigenvalue weighted by molar-refractivity contribution is 14.0. The van der Waals surface area contributed by atoms with Crippen molar-refractivity contribution in [1.82, 2.24) is 20.4 Å². The first-order valence-electron chi connectivity index (χ1n) is 10.8. The maximum atomic E-state index is 12.8. The number of hydrogen-bond acceptors (Lipinski definition) is 5. The number of rotatable bonds is 8. The molecular weight excluding hydrogens is 525 g/mol. The summed E-state index contributed by atoms with van der Waals surface area (Å²) in [6, 6.07) is 4.41. The minimum Gasteiger partial charge on any atom is -0.357 e. The number of allylic oxidation sites excluding steroid dienone is 2. The normalized spacial score (nSPS) is 27.6. The summed E-state index contributed by atoms with van der Waals surface area (Å²) >= 11 is 1.73. The highest BCUT2D eigenvalue weighted by Crippen LogP contribution is 2.52. The third kappa shape index (κ3) is 4.83. The number of likely N-dealkylation sites (N-methyl/N-ethyl adjacent to an activating group) is 1. The fourth-order valence-corrected chi connectivity index (χ4v) is 5.89. The molecule has 5 unspecified atom stereocenters. The molecule has 7 nitrogen and oxygen atoms in total. The van der Waals surface area contributed by atoms with E-state index in [-0.39, 0.29) is 65.5 Å². The first kappa shape index (κ1) is 24.2. The van der Waals surface area contributed by atoms with Crippen LogP contribution in [0.1, 0.15) is 24.3 Å². The summed E-state index contributed by atoms with van der Waals surface area (Å²) in [6.07, 6.45) is 5.22. The molecule has 1 saturated heterocycles. The molecule has 9 heteroatoms. The molecule has 2 fully saturated rings. The fraction of sp³-hybridized carbons (Fsp3) is 0.591. The standard InChI is InChI=1S/C22H31N5O2S.HI/c1-4-23-22(25-13-16(26(2)3)17-6-5-11-30-17)24-9-10-27-20(28)18-14-7-8-15(12-14)19(18)21(27)29;/h5-8,11,14-16,18-19H,4,9-10,12-13H2,1-3H3,(H2,23,24,25);1H. The van der Waals surface area contributed by atoms with Crippen molar-refractivity contribution in [3.8, 4) is 0 Å². The fourth-order valence-electron chi connectivity index (χ4n) is 4.98. The number of carbonyl (C=O) groups is 2. The molecule has 2 aliphatic carbocycles. The first-order valence-corrected chi connectivity index (χ1v) is 11.6. The van der Waals surface area contributed by atoms with Crippen LogP contribution in [0.5, 0.6) is 0 Å². The molecule has 2 N–H and O–H groups in total. The van der Waals surface area contributed by atoms with Gasteiger partial charge >= 0.3 is 0 Å². The van der Waals surface area contributed by atoms with E-state index in [2.05, 4.69) is 59.3 Å². The Kier molecular flexibility index (Phi) is 8.14. The Balaban J connectivity index is 0.00000272. The van der Waals surface area contributed by atoms with Crippen molar-refractivity contribution in [1.29, 1.82) is 0 Å². The third-order valence-corrected chi connectivity index (χ3v) is 7.42. The van der Waals surface area contributed by atoms with Gasteiger partial charge in [-0.25, -0.2) is 0 Å². The van der Waals surface area contributed by atoms with Crippen molar-refractivity contribution >= 4 is 53.1 Å². The maximum absolute atomic E-state index is 12.8. The van der Waals surface area contributed by atoms with Gasteiger partial charge in [0.1, 0.15) is 0 Å². The molecule has 1 aromatic rings. The quantitative estimate of drug-likeness (QED) is 0.169. The number of fused-ring (bicyclic) bond motifs is 5. The number of nitrogens with zero attached hydrogens (tertiary/aromatic N) is 3. The molecule has 2 bridgehead atoms. The monoisotopic (exact) mass is 557 g/mol. The summed E-state index contributed by atoms with van der Waals surface area (Å²) in [5.41, 5.74) is 0. The number of nitrogens with one attached hydrogen (secondary N) is 2. The molecule has 3 aliphatic rings. The summed E-state index contributed by atoms with van der Waals surface area (Å²) in [5.74, 6) is 0.998. The lowest BCUT2D eigenvalue weighted by molar-refractivity contribution is -0.140. The van der Waals surface area contributed by atoms with Crippen molar-refractivity contribution in [2.45, 2.75) is 19.4 Å². The molecule has 1 saturated carbocycles. The summed E-state index contributed by atoms with van der Waals surface area (Å²) in [5, 5.41) is 8.64. The number of carbonyl (C=O) groups excluding carboxylic acids is 2. The predicted molar refractivity (Wildman–Crippen MR) is 135 cm³/mol. The zero-order valence-corrected chi connectivity index (χ0v) is 21.4. The molecule has 2 heterocycles. The van der Waals surface area contributed by atoms with Crippen molar-refractivity contribution in [2.24, 2.45) is 28.7 Å². The Morgan fingerprint density at radius 3 is 2.45 bits per heavy atom. The van der Waals surface area contributed by atoms with Gasteiger partial charge in [-0.1, -0.05) is 18.2 Å². The van der Waals surface area contributed by atoms with Crippen LogP contribution >= 0.6 is 35.3 Å². The highest BCUT2D eigenvalue weighted by Gasteiger charge is 2.58. The van der Waals surface area contributed by atoms with E-state index in [1.165, 1.54) is 9.78 Å². The number of imide groups is 1. The first-order chi connectivity index (χ1) is 14.5. The van der Waals surface area contributed by atoms with Gasteiger partial charge in [0, 0.05) is 24.5 Å². The average molecular weight is 558 g/mol. The molecule has 0 spiro atoms. The number of guanidine groups is 1. The Labute approximate surface area is 205 Å². The highest BCUT2D eigenvalue weighted by atomic mass is 127. The van der Waals surface area contributed by atoms with Gasteiger partial charge in [0.15, 0.2) is 5.96 Å². The SMILES string of the molecule is CCNC(=NCC(c1cccs1)N(C)C)NCCN1C(=O)C2C3C=CC(C3)C2C1=O.I. The van der Waals surface area contributed by atoms with Crippen LogP contribution < -0.4 is 10.6 Å². The van der Waals surface area contributed by atoms with Gasteiger partial charge in [0.05, 0.1) is 24.4 Å². The van der Waals surface area contributed by atoms with E-state index in [0.29, 0.717) is 25.6 Å². The summed E-state index contributed by atoms with van der Waals surface area (Å²) < 4.78 is 0. The molecule has 1 aromatic heterocycles. The van der Waals surface area contributed by atoms with Gasteiger partial charge in [-0.2, -0.15) is 0 Å². The molecule has 2 amide bonds. The van der Waals surface area contributed by atoms with Crippen LogP contribution in [-0.4, -0.2) is 67.8 Å². The zero-order chi connectivity index (χ0) is 21.3. The molecule has 5 atom stereocenters. The van der Waals surface area contributed by atoms with Gasteiger partial charge in [0.25, 0.3) is 0 Å². The van der Waals surface area contributed by atoms with Gasteiger partial charge in [0.2, 0.25) is 11.8 Å². The van der Waals surface area contributed by atoms with Crippen molar-refractivity contribution in [3.63, 3.8) is 0 Å². The Hall–Kier alpha value is -1.46. The van der Waals surface area contributed by atoms with E-state index in [0.717, 1.165) is 13.0 Å². The molecule has 170 valence electrons. The smallest absolute Gasteiger partial charge is 0.233 e. The Morgan fingerprint density at radius 1 is 1.23 bits per heavy atom. The largest absolute Gasteiger partial charge is 0.357 e. The topological polar surface area (TPSA) is 77.0 Å². The number of thiophene rings is 1. The minimum atomic E-state index is -0.124. The van der Waals surface area contributed by atoms with E-state index in [4.69, 9.17) is 4.99 Å². The third-order valence-electron chi connectivity index (χ3n) is 6.45. The summed E-state index contributed by atoms with van der Waals surface area (Å²) in [6.45, 7) is 4.28. The Morgan fingerprint density at radius 2 is 1.90 bits per heavy atom. The van der Waals surface area contributed by atoms with Gasteiger partial charge < -0.3 is 15.5 Å². The van der Waals surface area contributed by atoms with E-state index in [9.17, 15) is 9.59 Å². The number of amides is 2. The number of hydrogen-bond donors (Lipinski definition) is 2. The lowest BCUT2D eigenvalue weighted by Gasteiger charge is -2.22. The van der Waals surface area contributed by atoms with E-state index < -0.39 is 0 Å². The van der Waals surface area contributed by atoms with Crippen LogP contribution in [0, 0.1) is 23.7 Å². The minimum absolute atomic E-state index is 0. The van der Waals surface area contributed by atoms with Crippen LogP contribution in [-0.2, 0) is 9.59 Å². The lowest BCUT2D eigenvalue weighted by atomic mass is 9.85. The van der Waals surface area contributed by atoms with Crippen LogP contribution in [0.2, 0.25) is 0 Å². The van der Waals surface area contributed by atoms with E-state index in [1.807, 2.05) is 6.92 Å². The van der Waals surface area contributed by atoms with Crippen molar-refractivity contribution in [3.05, 3.63) is 34.5 Å². The molecule has 4 rings (SSSR count). The number of likely N-dealkylation sites (tertiary alicyclic amines) is 1. The van der Waals surface area contributed by atoms with Gasteiger partial charge in [-0.3, -0.25) is 19.5 Å². The second-order valence-electron chi connectivity index (χ2n) is 8.47. The van der Waals surface area contributed by atoms with Crippen LogP contribution in [0.25, 0.3) is 0 Å².